The molecule has 0 fully saturated rings. The Morgan fingerprint density at radius 1 is 1.40 bits per heavy atom. The van der Waals surface area contributed by atoms with Gasteiger partial charge < -0.3 is 10.5 Å². The van der Waals surface area contributed by atoms with Crippen molar-refractivity contribution in [2.75, 3.05) is 7.11 Å². The largest absolute Gasteiger partial charge is 0.465 e. The molecule has 0 aliphatic carbocycles. The van der Waals surface area contributed by atoms with Crippen LogP contribution in [0.2, 0.25) is 0 Å². The highest BCUT2D eigenvalue weighted by molar-refractivity contribution is 6.14. The van der Waals surface area contributed by atoms with Crippen LogP contribution < -0.4 is 11.1 Å². The highest BCUT2D eigenvalue weighted by Gasteiger charge is 2.14. The molecule has 0 amide bonds. The number of esters is 1. The molecule has 1 rings (SSSR count). The van der Waals surface area contributed by atoms with Gasteiger partial charge in [0.25, 0.3) is 0 Å². The van der Waals surface area contributed by atoms with Gasteiger partial charge in [-0.2, -0.15) is 0 Å². The summed E-state index contributed by atoms with van der Waals surface area (Å²) in [5.41, 5.74) is 7.01. The van der Waals surface area contributed by atoms with Crippen molar-refractivity contribution in [3.63, 3.8) is 0 Å². The smallest absolute Gasteiger partial charge is 0.346 e. The number of hydrogen-bond donors (Lipinski definition) is 2. The molecule has 78 valence electrons. The van der Waals surface area contributed by atoms with E-state index in [2.05, 4.69) is 4.74 Å². The Hall–Kier alpha value is -2.10. The maximum Gasteiger partial charge on any atom is 0.346 e. The zero-order valence-electron chi connectivity index (χ0n) is 8.44. The summed E-state index contributed by atoms with van der Waals surface area (Å²) in [6, 6.07) is 9.10. The third-order valence-corrected chi connectivity index (χ3v) is 1.95. The summed E-state index contributed by atoms with van der Waals surface area (Å²) in [5.74, 6) is -0.543. The molecule has 0 atom stereocenters. The SMILES string of the molecule is COC(=O)/C(C=[NH2+])=C(/N)c1ccccc1. The second-order valence-corrected chi connectivity index (χ2v) is 2.85. The molecule has 0 spiro atoms. The molecule has 4 heteroatoms. The summed E-state index contributed by atoms with van der Waals surface area (Å²) in [6.45, 7) is 0. The van der Waals surface area contributed by atoms with Gasteiger partial charge >= 0.3 is 5.97 Å². The average Bonchev–Trinajstić information content (AvgIpc) is 2.30. The molecule has 4 N–H and O–H groups in total. The minimum Gasteiger partial charge on any atom is -0.465 e. The fraction of sp³-hybridized carbons (Fsp3) is 0.0909. The van der Waals surface area contributed by atoms with E-state index in [9.17, 15) is 4.79 Å². The standard InChI is InChI=1S/C11H12N2O2/c1-15-11(14)9(7-12)10(13)8-5-3-2-4-6-8/h2-7,12H,13H2,1H3/p+1/b10-9+,12-7?. The van der Waals surface area contributed by atoms with Crippen LogP contribution >= 0.6 is 0 Å². The van der Waals surface area contributed by atoms with Crippen molar-refractivity contribution in [3.05, 3.63) is 41.5 Å². The van der Waals surface area contributed by atoms with Crippen LogP contribution in [0.3, 0.4) is 0 Å². The Morgan fingerprint density at radius 3 is 2.47 bits per heavy atom. The van der Waals surface area contributed by atoms with Crippen molar-refractivity contribution >= 4 is 17.9 Å². The molecule has 0 aromatic heterocycles. The Labute approximate surface area is 87.9 Å². The molecule has 0 aliphatic rings. The number of methoxy groups -OCH3 is 1. The summed E-state index contributed by atoms with van der Waals surface area (Å²) < 4.78 is 4.56. The third-order valence-electron chi connectivity index (χ3n) is 1.95. The predicted molar refractivity (Wildman–Crippen MR) is 57.6 cm³/mol. The van der Waals surface area contributed by atoms with Crippen LogP contribution in [-0.2, 0) is 9.53 Å². The van der Waals surface area contributed by atoms with Crippen LogP contribution in [0.25, 0.3) is 5.70 Å². The van der Waals surface area contributed by atoms with E-state index in [4.69, 9.17) is 11.1 Å². The molecule has 4 nitrogen and oxygen atoms in total. The fourth-order valence-electron chi connectivity index (χ4n) is 1.15. The van der Waals surface area contributed by atoms with Crippen molar-refractivity contribution in [2.45, 2.75) is 0 Å². The van der Waals surface area contributed by atoms with E-state index in [-0.39, 0.29) is 5.57 Å². The summed E-state index contributed by atoms with van der Waals surface area (Å²) >= 11 is 0. The van der Waals surface area contributed by atoms with Crippen molar-refractivity contribution in [2.24, 2.45) is 5.73 Å². The van der Waals surface area contributed by atoms with E-state index < -0.39 is 5.97 Å². The van der Waals surface area contributed by atoms with Gasteiger partial charge in [-0.1, -0.05) is 30.3 Å². The van der Waals surface area contributed by atoms with E-state index >= 15 is 0 Å². The zero-order chi connectivity index (χ0) is 11.3. The molecule has 0 aliphatic heterocycles. The van der Waals surface area contributed by atoms with E-state index in [1.54, 1.807) is 12.1 Å². The number of carbonyl (C=O) groups excluding carboxylic acids is 1. The summed E-state index contributed by atoms with van der Waals surface area (Å²) in [7, 11) is 1.28. The molecule has 0 radical (unpaired) electrons. The van der Waals surface area contributed by atoms with Crippen molar-refractivity contribution in [1.29, 1.82) is 0 Å². The lowest BCUT2D eigenvalue weighted by atomic mass is 10.1. The first kappa shape index (κ1) is 11.0. The lowest BCUT2D eigenvalue weighted by Gasteiger charge is -2.04. The Bertz CT molecular complexity index is 396. The van der Waals surface area contributed by atoms with Crippen LogP contribution in [-0.4, -0.2) is 19.3 Å². The van der Waals surface area contributed by atoms with Crippen LogP contribution in [0.4, 0.5) is 0 Å². The Morgan fingerprint density at radius 2 is 2.00 bits per heavy atom. The van der Waals surface area contributed by atoms with E-state index in [0.29, 0.717) is 5.70 Å². The van der Waals surface area contributed by atoms with Crippen LogP contribution in [0, 0.1) is 0 Å². The van der Waals surface area contributed by atoms with Gasteiger partial charge in [0.2, 0.25) is 0 Å². The van der Waals surface area contributed by atoms with Crippen LogP contribution in [0.15, 0.2) is 35.9 Å². The number of benzene rings is 1. The van der Waals surface area contributed by atoms with Crippen LogP contribution in [0.1, 0.15) is 5.56 Å². The van der Waals surface area contributed by atoms with E-state index in [1.165, 1.54) is 7.11 Å². The van der Waals surface area contributed by atoms with E-state index in [0.717, 1.165) is 11.8 Å². The molecule has 0 saturated heterocycles. The second kappa shape index (κ2) is 4.95. The van der Waals surface area contributed by atoms with Gasteiger partial charge in [-0.3, -0.25) is 5.41 Å². The van der Waals surface area contributed by atoms with Gasteiger partial charge in [0, 0.05) is 0 Å². The van der Waals surface area contributed by atoms with Crippen molar-refractivity contribution in [3.8, 4) is 0 Å². The summed E-state index contributed by atoms with van der Waals surface area (Å²) in [4.78, 5) is 11.3. The molecule has 0 saturated carbocycles. The van der Waals surface area contributed by atoms with Gasteiger partial charge in [-0.25, -0.2) is 4.79 Å². The monoisotopic (exact) mass is 205 g/mol. The molecule has 15 heavy (non-hydrogen) atoms. The summed E-state index contributed by atoms with van der Waals surface area (Å²) in [5, 5.41) is 5.32. The maximum atomic E-state index is 11.3. The minimum absolute atomic E-state index is 0.170. The number of carbonyl (C=O) groups is 1. The van der Waals surface area contributed by atoms with Gasteiger partial charge in [-0.15, -0.1) is 0 Å². The number of hydrogen-bond acceptors (Lipinski definition) is 3. The molecular formula is C11H13N2O2+. The van der Waals surface area contributed by atoms with Crippen molar-refractivity contribution in [1.82, 2.24) is 0 Å². The third kappa shape index (κ3) is 2.43. The predicted octanol–water partition coefficient (Wildman–Crippen LogP) is -0.641. The lowest BCUT2D eigenvalue weighted by molar-refractivity contribution is -0.136. The first-order chi connectivity index (χ1) is 7.20. The molecule has 0 bridgehead atoms. The van der Waals surface area contributed by atoms with Crippen molar-refractivity contribution < 1.29 is 14.9 Å². The Kier molecular flexibility index (Phi) is 3.62. The number of nitrogens with two attached hydrogens (primary N) is 2. The highest BCUT2D eigenvalue weighted by atomic mass is 16.5. The molecule has 1 aromatic carbocycles. The first-order valence-electron chi connectivity index (χ1n) is 4.39. The van der Waals surface area contributed by atoms with Crippen LogP contribution in [0.5, 0.6) is 0 Å². The number of rotatable bonds is 3. The van der Waals surface area contributed by atoms with E-state index in [1.807, 2.05) is 18.2 Å². The van der Waals surface area contributed by atoms with Gasteiger partial charge in [0.15, 0.2) is 6.21 Å². The Balaban J connectivity index is 3.18. The quantitative estimate of drug-likeness (QED) is 0.391. The zero-order valence-corrected chi connectivity index (χ0v) is 8.44. The topological polar surface area (TPSA) is 77.9 Å². The maximum absolute atomic E-state index is 11.3. The second-order valence-electron chi connectivity index (χ2n) is 2.85. The normalized spacial score (nSPS) is 11.5. The molecule has 0 unspecified atom stereocenters. The van der Waals surface area contributed by atoms with Gasteiger partial charge in [-0.05, 0) is 5.56 Å². The highest BCUT2D eigenvalue weighted by Crippen LogP contribution is 2.12. The molecule has 0 heterocycles. The number of ether oxygens (including phenoxy) is 1. The van der Waals surface area contributed by atoms with Gasteiger partial charge in [0.1, 0.15) is 5.57 Å². The fourth-order valence-corrected chi connectivity index (χ4v) is 1.15. The minimum atomic E-state index is -0.543. The summed E-state index contributed by atoms with van der Waals surface area (Å²) in [6.07, 6.45) is 1.15. The molecule has 1 aromatic rings. The first-order valence-corrected chi connectivity index (χ1v) is 4.39. The van der Waals surface area contributed by atoms with Gasteiger partial charge in [0.05, 0.1) is 12.8 Å². The molecular weight excluding hydrogens is 192 g/mol. The average molecular weight is 205 g/mol. The lowest BCUT2D eigenvalue weighted by Crippen LogP contribution is -2.33.